The largest absolute Gasteiger partial charge is 0.368 e. The maximum Gasteiger partial charge on any atom is 0.234 e. The van der Waals surface area contributed by atoms with Crippen LogP contribution in [0.15, 0.2) is 24.3 Å². The molecule has 128 valence electrons. The minimum Gasteiger partial charge on any atom is -0.368 e. The number of hydrogen-bond donors (Lipinski definition) is 1. The number of nitrogens with two attached hydrogens (primary N) is 1. The third-order valence-electron chi connectivity index (χ3n) is 4.82. The molecule has 5 nitrogen and oxygen atoms in total. The second-order valence-corrected chi connectivity index (χ2v) is 6.42. The number of primary amides is 1. The van der Waals surface area contributed by atoms with E-state index in [-0.39, 0.29) is 17.8 Å². The zero-order chi connectivity index (χ0) is 17.3. The third kappa shape index (κ3) is 3.19. The molecular formula is C18H23FN4O. The number of hydrogen-bond acceptors (Lipinski definition) is 3. The minimum absolute atomic E-state index is 0.202. The van der Waals surface area contributed by atoms with Gasteiger partial charge in [0.25, 0.3) is 0 Å². The summed E-state index contributed by atoms with van der Waals surface area (Å²) in [5, 5.41) is 4.60. The number of benzene rings is 1. The molecule has 1 aliphatic rings. The molecule has 2 aromatic rings. The lowest BCUT2D eigenvalue weighted by Gasteiger charge is -2.33. The average Bonchev–Trinajstić information content (AvgIpc) is 2.84. The van der Waals surface area contributed by atoms with E-state index < -0.39 is 0 Å². The summed E-state index contributed by atoms with van der Waals surface area (Å²) in [6.07, 6.45) is 2.93. The van der Waals surface area contributed by atoms with Gasteiger partial charge in [-0.15, -0.1) is 0 Å². The lowest BCUT2D eigenvalue weighted by atomic mass is 10.0. The highest BCUT2D eigenvalue weighted by molar-refractivity contribution is 5.79. The van der Waals surface area contributed by atoms with Crippen molar-refractivity contribution in [1.82, 2.24) is 14.7 Å². The van der Waals surface area contributed by atoms with Gasteiger partial charge >= 0.3 is 0 Å². The molecule has 24 heavy (non-hydrogen) atoms. The van der Waals surface area contributed by atoms with Gasteiger partial charge in [0.2, 0.25) is 5.91 Å². The van der Waals surface area contributed by atoms with Crippen molar-refractivity contribution in [3.8, 4) is 5.69 Å². The predicted octanol–water partition coefficient (Wildman–Crippen LogP) is 2.47. The first-order valence-corrected chi connectivity index (χ1v) is 8.32. The Morgan fingerprint density at radius 1 is 1.29 bits per heavy atom. The van der Waals surface area contributed by atoms with Crippen LogP contribution in [0.1, 0.15) is 36.2 Å². The molecule has 3 rings (SSSR count). The summed E-state index contributed by atoms with van der Waals surface area (Å²) in [5.74, 6) is -0.519. The molecule has 1 fully saturated rings. The van der Waals surface area contributed by atoms with E-state index in [9.17, 15) is 9.18 Å². The van der Waals surface area contributed by atoms with Crippen LogP contribution in [0.4, 0.5) is 4.39 Å². The summed E-state index contributed by atoms with van der Waals surface area (Å²) in [5.41, 5.74) is 9.42. The Morgan fingerprint density at radius 3 is 2.67 bits per heavy atom. The molecule has 0 bridgehead atoms. The van der Waals surface area contributed by atoms with E-state index in [0.717, 1.165) is 48.4 Å². The first-order valence-electron chi connectivity index (χ1n) is 8.32. The molecule has 1 atom stereocenters. The minimum atomic E-state index is -0.266. The number of carbonyl (C=O) groups excluding carboxylic acids is 1. The Hall–Kier alpha value is -2.21. The Balaban J connectivity index is 1.89. The maximum absolute atomic E-state index is 13.1. The molecule has 1 saturated heterocycles. The highest BCUT2D eigenvalue weighted by Gasteiger charge is 2.28. The van der Waals surface area contributed by atoms with E-state index >= 15 is 0 Å². The van der Waals surface area contributed by atoms with Crippen LogP contribution in [0.2, 0.25) is 0 Å². The number of piperidine rings is 1. The van der Waals surface area contributed by atoms with E-state index in [0.29, 0.717) is 6.54 Å². The summed E-state index contributed by atoms with van der Waals surface area (Å²) < 4.78 is 15.0. The quantitative estimate of drug-likeness (QED) is 0.936. The smallest absolute Gasteiger partial charge is 0.234 e. The van der Waals surface area contributed by atoms with E-state index in [2.05, 4.69) is 10.00 Å². The Morgan fingerprint density at radius 2 is 2.00 bits per heavy atom. The van der Waals surface area contributed by atoms with Crippen LogP contribution in [0, 0.1) is 19.7 Å². The van der Waals surface area contributed by atoms with E-state index in [4.69, 9.17) is 5.73 Å². The maximum atomic E-state index is 13.1. The molecule has 0 radical (unpaired) electrons. The molecule has 0 spiro atoms. The number of aromatic nitrogens is 2. The van der Waals surface area contributed by atoms with Gasteiger partial charge in [0.05, 0.1) is 17.4 Å². The topological polar surface area (TPSA) is 64.2 Å². The monoisotopic (exact) mass is 330 g/mol. The van der Waals surface area contributed by atoms with Crippen LogP contribution in [-0.2, 0) is 11.3 Å². The van der Waals surface area contributed by atoms with Crippen molar-refractivity contribution >= 4 is 5.91 Å². The molecule has 2 heterocycles. The SMILES string of the molecule is Cc1nn(-c2ccc(F)cc2)c(C)c1CN1CCCC[C@@H]1C(N)=O. The first kappa shape index (κ1) is 16.6. The van der Waals surface area contributed by atoms with Gasteiger partial charge in [-0.05, 0) is 57.5 Å². The summed E-state index contributed by atoms with van der Waals surface area (Å²) in [6, 6.07) is 6.09. The van der Waals surface area contributed by atoms with Gasteiger partial charge in [-0.3, -0.25) is 9.69 Å². The standard InChI is InChI=1S/C18H23FN4O/c1-12-16(11-22-10-4-3-5-17(22)18(20)24)13(2)23(21-12)15-8-6-14(19)7-9-15/h6-9,17H,3-5,10-11H2,1-2H3,(H2,20,24)/t17-/m1/s1. The fourth-order valence-electron chi connectivity index (χ4n) is 3.44. The highest BCUT2D eigenvalue weighted by atomic mass is 19.1. The number of aryl methyl sites for hydroxylation is 1. The fraction of sp³-hybridized carbons (Fsp3) is 0.444. The lowest BCUT2D eigenvalue weighted by Crippen LogP contribution is -2.47. The van der Waals surface area contributed by atoms with Crippen LogP contribution >= 0.6 is 0 Å². The number of halogens is 1. The zero-order valence-electron chi connectivity index (χ0n) is 14.1. The van der Waals surface area contributed by atoms with E-state index in [1.54, 1.807) is 12.1 Å². The van der Waals surface area contributed by atoms with Crippen LogP contribution in [0.3, 0.4) is 0 Å². The van der Waals surface area contributed by atoms with E-state index in [1.165, 1.54) is 12.1 Å². The predicted molar refractivity (Wildman–Crippen MR) is 90.2 cm³/mol. The van der Waals surface area contributed by atoms with Crippen molar-refractivity contribution in [2.45, 2.75) is 45.7 Å². The zero-order valence-corrected chi connectivity index (χ0v) is 14.1. The van der Waals surface area contributed by atoms with Gasteiger partial charge < -0.3 is 5.73 Å². The van der Waals surface area contributed by atoms with Crippen LogP contribution in [0.5, 0.6) is 0 Å². The van der Waals surface area contributed by atoms with Crippen molar-refractivity contribution in [1.29, 1.82) is 0 Å². The normalized spacial score (nSPS) is 18.7. The van der Waals surface area contributed by atoms with Crippen LogP contribution in [-0.4, -0.2) is 33.2 Å². The number of rotatable bonds is 4. The van der Waals surface area contributed by atoms with Gasteiger partial charge in [0, 0.05) is 17.8 Å². The average molecular weight is 330 g/mol. The first-order chi connectivity index (χ1) is 11.5. The fourth-order valence-corrected chi connectivity index (χ4v) is 3.44. The third-order valence-corrected chi connectivity index (χ3v) is 4.82. The Bertz CT molecular complexity index is 738. The Kier molecular flexibility index (Phi) is 4.66. The van der Waals surface area contributed by atoms with Crippen molar-refractivity contribution in [2.24, 2.45) is 5.73 Å². The summed E-state index contributed by atoms with van der Waals surface area (Å²) in [6.45, 7) is 5.49. The molecule has 0 aliphatic carbocycles. The molecule has 1 amide bonds. The number of carbonyl (C=O) groups is 1. The molecule has 1 aromatic carbocycles. The van der Waals surface area contributed by atoms with Crippen molar-refractivity contribution in [2.75, 3.05) is 6.54 Å². The number of nitrogens with zero attached hydrogens (tertiary/aromatic N) is 3. The summed E-state index contributed by atoms with van der Waals surface area (Å²) in [4.78, 5) is 13.9. The second kappa shape index (κ2) is 6.73. The lowest BCUT2D eigenvalue weighted by molar-refractivity contribution is -0.124. The highest BCUT2D eigenvalue weighted by Crippen LogP contribution is 2.24. The molecule has 2 N–H and O–H groups in total. The van der Waals surface area contributed by atoms with Crippen molar-refractivity contribution in [3.05, 3.63) is 47.0 Å². The van der Waals surface area contributed by atoms with Gasteiger partial charge in [0.15, 0.2) is 0 Å². The van der Waals surface area contributed by atoms with Gasteiger partial charge in [0.1, 0.15) is 5.82 Å². The number of amides is 1. The van der Waals surface area contributed by atoms with Gasteiger partial charge in [-0.25, -0.2) is 9.07 Å². The molecule has 6 heteroatoms. The van der Waals surface area contributed by atoms with Gasteiger partial charge in [-0.2, -0.15) is 5.10 Å². The summed E-state index contributed by atoms with van der Waals surface area (Å²) in [7, 11) is 0. The van der Waals surface area contributed by atoms with E-state index in [1.807, 2.05) is 18.5 Å². The second-order valence-electron chi connectivity index (χ2n) is 6.42. The van der Waals surface area contributed by atoms with Crippen molar-refractivity contribution in [3.63, 3.8) is 0 Å². The molecule has 1 aliphatic heterocycles. The summed E-state index contributed by atoms with van der Waals surface area (Å²) >= 11 is 0. The van der Waals surface area contributed by atoms with Crippen LogP contribution in [0.25, 0.3) is 5.69 Å². The van der Waals surface area contributed by atoms with Crippen LogP contribution < -0.4 is 5.73 Å². The molecule has 1 aromatic heterocycles. The Labute approximate surface area is 141 Å². The molecule has 0 saturated carbocycles. The van der Waals surface area contributed by atoms with Gasteiger partial charge in [-0.1, -0.05) is 6.42 Å². The van der Waals surface area contributed by atoms with Crippen molar-refractivity contribution < 1.29 is 9.18 Å². The molecular weight excluding hydrogens is 307 g/mol. The molecule has 0 unspecified atom stereocenters. The number of likely N-dealkylation sites (tertiary alicyclic amines) is 1.